The van der Waals surface area contributed by atoms with Crippen LogP contribution in [0.4, 0.5) is 28.0 Å². The number of carbonyl (C=O) groups excluding carboxylic acids is 1. The van der Waals surface area contributed by atoms with Crippen molar-refractivity contribution in [2.75, 3.05) is 5.32 Å². The van der Waals surface area contributed by atoms with Crippen LogP contribution < -0.4 is 10.6 Å². The van der Waals surface area contributed by atoms with Gasteiger partial charge in [-0.1, -0.05) is 0 Å². The Morgan fingerprint density at radius 2 is 1.73 bits per heavy atom. The first-order chi connectivity index (χ1) is 12.4. The summed E-state index contributed by atoms with van der Waals surface area (Å²) < 4.78 is 52.4. The minimum absolute atomic E-state index is 0.0919. The van der Waals surface area contributed by atoms with Crippen molar-refractivity contribution in [2.45, 2.75) is 6.54 Å². The molecule has 26 heavy (non-hydrogen) atoms. The zero-order chi connectivity index (χ0) is 18.7. The molecule has 0 saturated carbocycles. The van der Waals surface area contributed by atoms with Crippen molar-refractivity contribution in [3.63, 3.8) is 0 Å². The number of nitrogens with zero attached hydrogens (tertiary/aromatic N) is 2. The molecular formula is C16H11F4N5O. The number of aromatic nitrogens is 3. The number of carbonyl (C=O) groups is 1. The van der Waals surface area contributed by atoms with Gasteiger partial charge in [0.1, 0.15) is 11.6 Å². The third-order valence-electron chi connectivity index (χ3n) is 3.33. The van der Waals surface area contributed by atoms with E-state index in [4.69, 9.17) is 0 Å². The summed E-state index contributed by atoms with van der Waals surface area (Å²) in [7, 11) is 0. The molecule has 1 heterocycles. The lowest BCUT2D eigenvalue weighted by Gasteiger charge is -2.08. The van der Waals surface area contributed by atoms with Gasteiger partial charge in [-0.2, -0.15) is 5.10 Å². The number of benzene rings is 2. The molecule has 3 N–H and O–H groups in total. The van der Waals surface area contributed by atoms with Gasteiger partial charge in [0.15, 0.2) is 23.3 Å². The number of halogens is 4. The molecule has 6 nitrogen and oxygen atoms in total. The Hall–Kier alpha value is -3.43. The molecule has 1 aromatic heterocycles. The maximum Gasteiger partial charge on any atom is 0.319 e. The first-order valence-corrected chi connectivity index (χ1v) is 7.29. The number of anilines is 1. The van der Waals surface area contributed by atoms with Crippen LogP contribution >= 0.6 is 0 Å². The van der Waals surface area contributed by atoms with E-state index in [1.54, 1.807) is 0 Å². The van der Waals surface area contributed by atoms with Gasteiger partial charge in [-0.15, -0.1) is 0 Å². The largest absolute Gasteiger partial charge is 0.331 e. The van der Waals surface area contributed by atoms with Gasteiger partial charge in [-0.25, -0.2) is 27.3 Å². The zero-order valence-electron chi connectivity index (χ0n) is 13.0. The molecule has 0 saturated heterocycles. The summed E-state index contributed by atoms with van der Waals surface area (Å²) in [6.45, 7) is -0.0919. The van der Waals surface area contributed by atoms with Crippen molar-refractivity contribution in [2.24, 2.45) is 0 Å². The number of hydrogen-bond acceptors (Lipinski definition) is 3. The highest BCUT2D eigenvalue weighted by molar-refractivity contribution is 5.89. The molecule has 3 rings (SSSR count). The number of aromatic amines is 1. The third kappa shape index (κ3) is 3.79. The Labute approximate surface area is 144 Å². The first-order valence-electron chi connectivity index (χ1n) is 7.29. The number of amides is 2. The standard InChI is InChI=1S/C16H11F4N5O/c17-9-3-1-8(2-4-9)15-23-12(24-25-15)7-21-16(26)22-11-6-5-10(18)13(19)14(11)20/h1-6H,7H2,(H2,21,22,26)(H,23,24,25). The Bertz CT molecular complexity index is 942. The van der Waals surface area contributed by atoms with Crippen LogP contribution in [0.15, 0.2) is 36.4 Å². The van der Waals surface area contributed by atoms with E-state index in [1.807, 2.05) is 0 Å². The van der Waals surface area contributed by atoms with Crippen molar-refractivity contribution in [1.82, 2.24) is 20.5 Å². The number of nitrogens with one attached hydrogen (secondary N) is 3. The Balaban J connectivity index is 1.60. The van der Waals surface area contributed by atoms with Gasteiger partial charge < -0.3 is 10.6 Å². The SMILES string of the molecule is O=C(NCc1nc(-c2ccc(F)cc2)n[nH]1)Nc1ccc(F)c(F)c1F. The molecule has 3 aromatic rings. The highest BCUT2D eigenvalue weighted by atomic mass is 19.2. The predicted molar refractivity (Wildman–Crippen MR) is 84.0 cm³/mol. The molecule has 0 aliphatic carbocycles. The molecule has 0 spiro atoms. The second-order valence-electron chi connectivity index (χ2n) is 5.14. The molecule has 0 aliphatic heterocycles. The molecule has 0 atom stereocenters. The van der Waals surface area contributed by atoms with E-state index in [9.17, 15) is 22.4 Å². The molecule has 0 unspecified atom stereocenters. The topological polar surface area (TPSA) is 82.7 Å². The van der Waals surface area contributed by atoms with Gasteiger partial charge in [0.05, 0.1) is 12.2 Å². The van der Waals surface area contributed by atoms with Crippen LogP contribution in [0.25, 0.3) is 11.4 Å². The molecule has 2 amide bonds. The van der Waals surface area contributed by atoms with Crippen LogP contribution in [0.1, 0.15) is 5.82 Å². The van der Waals surface area contributed by atoms with Crippen molar-refractivity contribution < 1.29 is 22.4 Å². The van der Waals surface area contributed by atoms with Crippen molar-refractivity contribution in [3.8, 4) is 11.4 Å². The van der Waals surface area contributed by atoms with Crippen LogP contribution in [-0.2, 0) is 6.54 Å². The van der Waals surface area contributed by atoms with Gasteiger partial charge in [-0.05, 0) is 36.4 Å². The second kappa shape index (κ2) is 7.21. The Morgan fingerprint density at radius 3 is 2.46 bits per heavy atom. The molecule has 134 valence electrons. The predicted octanol–water partition coefficient (Wildman–Crippen LogP) is 3.35. The second-order valence-corrected chi connectivity index (χ2v) is 5.14. The highest BCUT2D eigenvalue weighted by Crippen LogP contribution is 2.19. The fraction of sp³-hybridized carbons (Fsp3) is 0.0625. The first kappa shape index (κ1) is 17.4. The molecule has 0 fully saturated rings. The average molecular weight is 365 g/mol. The van der Waals surface area contributed by atoms with E-state index in [1.165, 1.54) is 24.3 Å². The van der Waals surface area contributed by atoms with Crippen LogP contribution in [0.5, 0.6) is 0 Å². The maximum absolute atomic E-state index is 13.5. The monoisotopic (exact) mass is 365 g/mol. The van der Waals surface area contributed by atoms with Gasteiger partial charge in [-0.3, -0.25) is 5.10 Å². The molecule has 0 aliphatic rings. The van der Waals surface area contributed by atoms with Gasteiger partial charge >= 0.3 is 6.03 Å². The van der Waals surface area contributed by atoms with E-state index in [0.717, 1.165) is 6.07 Å². The minimum Gasteiger partial charge on any atom is -0.331 e. The summed E-state index contributed by atoms with van der Waals surface area (Å²) >= 11 is 0. The summed E-state index contributed by atoms with van der Waals surface area (Å²) in [5, 5.41) is 10.9. The highest BCUT2D eigenvalue weighted by Gasteiger charge is 2.15. The summed E-state index contributed by atoms with van der Waals surface area (Å²) in [5.74, 6) is -4.35. The quantitative estimate of drug-likeness (QED) is 0.490. The van der Waals surface area contributed by atoms with Crippen LogP contribution in [0.2, 0.25) is 0 Å². The van der Waals surface area contributed by atoms with Gasteiger partial charge in [0, 0.05) is 5.56 Å². The lowest BCUT2D eigenvalue weighted by molar-refractivity contribution is 0.251. The normalized spacial score (nSPS) is 10.6. The molecule has 10 heteroatoms. The molecule has 2 aromatic carbocycles. The zero-order valence-corrected chi connectivity index (χ0v) is 13.0. The molecular weight excluding hydrogens is 354 g/mol. The van der Waals surface area contributed by atoms with E-state index in [2.05, 4.69) is 25.8 Å². The lowest BCUT2D eigenvalue weighted by atomic mass is 10.2. The number of rotatable bonds is 4. The number of H-pyrrole nitrogens is 1. The number of hydrogen-bond donors (Lipinski definition) is 3. The maximum atomic E-state index is 13.5. The van der Waals surface area contributed by atoms with E-state index >= 15 is 0 Å². The average Bonchev–Trinajstić information content (AvgIpc) is 3.10. The number of urea groups is 1. The van der Waals surface area contributed by atoms with Gasteiger partial charge in [0.2, 0.25) is 0 Å². The molecule has 0 bridgehead atoms. The summed E-state index contributed by atoms with van der Waals surface area (Å²) in [6.07, 6.45) is 0. The summed E-state index contributed by atoms with van der Waals surface area (Å²) in [5.41, 5.74) is 0.0631. The third-order valence-corrected chi connectivity index (χ3v) is 3.33. The van der Waals surface area contributed by atoms with E-state index < -0.39 is 35.0 Å². The Morgan fingerprint density at radius 1 is 1.00 bits per heavy atom. The van der Waals surface area contributed by atoms with Crippen molar-refractivity contribution in [1.29, 1.82) is 0 Å². The Kier molecular flexibility index (Phi) is 4.83. The van der Waals surface area contributed by atoms with Crippen LogP contribution in [-0.4, -0.2) is 21.2 Å². The van der Waals surface area contributed by atoms with Gasteiger partial charge in [0.25, 0.3) is 0 Å². The van der Waals surface area contributed by atoms with Crippen molar-refractivity contribution >= 4 is 11.7 Å². The molecule has 0 radical (unpaired) electrons. The van der Waals surface area contributed by atoms with Crippen LogP contribution in [0.3, 0.4) is 0 Å². The summed E-state index contributed by atoms with van der Waals surface area (Å²) in [4.78, 5) is 15.9. The van der Waals surface area contributed by atoms with E-state index in [-0.39, 0.29) is 12.4 Å². The fourth-order valence-corrected chi connectivity index (χ4v) is 2.06. The minimum atomic E-state index is -1.68. The van der Waals surface area contributed by atoms with Crippen LogP contribution in [0, 0.1) is 23.3 Å². The van der Waals surface area contributed by atoms with E-state index in [0.29, 0.717) is 17.5 Å². The van der Waals surface area contributed by atoms with Crippen molar-refractivity contribution in [3.05, 3.63) is 65.5 Å². The fourth-order valence-electron chi connectivity index (χ4n) is 2.06. The smallest absolute Gasteiger partial charge is 0.319 e. The lowest BCUT2D eigenvalue weighted by Crippen LogP contribution is -2.29. The summed E-state index contributed by atoms with van der Waals surface area (Å²) in [6, 6.07) is 6.24.